The standard InChI is InChI=1S/C8H19N3O2/c1-11(7-8(9)10-13)5-3-2-4-6-12/h12-13H,2-7H2,1H3,(H2,9,10). The van der Waals surface area contributed by atoms with Crippen molar-refractivity contribution in [2.75, 3.05) is 26.7 Å². The van der Waals surface area contributed by atoms with Crippen LogP contribution in [0.3, 0.4) is 0 Å². The van der Waals surface area contributed by atoms with E-state index in [0.29, 0.717) is 6.54 Å². The van der Waals surface area contributed by atoms with Crippen molar-refractivity contribution in [2.24, 2.45) is 10.9 Å². The Hall–Kier alpha value is -0.810. The molecule has 0 aromatic rings. The molecule has 0 fully saturated rings. The van der Waals surface area contributed by atoms with Crippen molar-refractivity contribution in [3.05, 3.63) is 0 Å². The van der Waals surface area contributed by atoms with Gasteiger partial charge in [-0.15, -0.1) is 0 Å². The van der Waals surface area contributed by atoms with Crippen molar-refractivity contribution in [3.63, 3.8) is 0 Å². The van der Waals surface area contributed by atoms with E-state index >= 15 is 0 Å². The number of rotatable bonds is 7. The molecular formula is C8H19N3O2. The molecule has 0 aromatic carbocycles. The van der Waals surface area contributed by atoms with E-state index in [-0.39, 0.29) is 12.4 Å². The Bertz CT molecular complexity index is 150. The summed E-state index contributed by atoms with van der Waals surface area (Å²) < 4.78 is 0. The lowest BCUT2D eigenvalue weighted by Crippen LogP contribution is -2.31. The zero-order chi connectivity index (χ0) is 10.1. The lowest BCUT2D eigenvalue weighted by molar-refractivity contribution is 0.276. The van der Waals surface area contributed by atoms with Gasteiger partial charge in [0.25, 0.3) is 0 Å². The van der Waals surface area contributed by atoms with Crippen LogP contribution in [0.1, 0.15) is 19.3 Å². The van der Waals surface area contributed by atoms with Gasteiger partial charge in [-0.2, -0.15) is 0 Å². The summed E-state index contributed by atoms with van der Waals surface area (Å²) in [5, 5.41) is 19.7. The molecule has 5 heteroatoms. The van der Waals surface area contributed by atoms with Crippen LogP contribution in [0.5, 0.6) is 0 Å². The van der Waals surface area contributed by atoms with Gasteiger partial charge in [-0.05, 0) is 32.9 Å². The molecule has 0 atom stereocenters. The topological polar surface area (TPSA) is 82.1 Å². The maximum absolute atomic E-state index is 8.53. The van der Waals surface area contributed by atoms with Crippen molar-refractivity contribution in [2.45, 2.75) is 19.3 Å². The average Bonchev–Trinajstić information content (AvgIpc) is 2.12. The summed E-state index contributed by atoms with van der Waals surface area (Å²) in [5.74, 6) is 0.227. The second-order valence-corrected chi connectivity index (χ2v) is 3.11. The Kier molecular flexibility index (Phi) is 7.33. The molecule has 0 aliphatic rings. The van der Waals surface area contributed by atoms with Gasteiger partial charge in [0.15, 0.2) is 5.84 Å². The third-order valence-electron chi connectivity index (χ3n) is 1.76. The second-order valence-electron chi connectivity index (χ2n) is 3.11. The van der Waals surface area contributed by atoms with Gasteiger partial charge in [-0.1, -0.05) is 5.16 Å². The number of aliphatic hydroxyl groups is 1. The van der Waals surface area contributed by atoms with Gasteiger partial charge >= 0.3 is 0 Å². The van der Waals surface area contributed by atoms with Gasteiger partial charge in [0.1, 0.15) is 0 Å². The molecule has 0 radical (unpaired) electrons. The minimum absolute atomic E-state index is 0.227. The molecule has 0 heterocycles. The van der Waals surface area contributed by atoms with Crippen molar-refractivity contribution in [3.8, 4) is 0 Å². The quantitative estimate of drug-likeness (QED) is 0.171. The number of hydrogen-bond donors (Lipinski definition) is 3. The fourth-order valence-corrected chi connectivity index (χ4v) is 1.06. The average molecular weight is 189 g/mol. The molecule has 0 rings (SSSR count). The SMILES string of the molecule is CN(CCCCCO)CC(N)=NO. The molecule has 0 unspecified atom stereocenters. The minimum Gasteiger partial charge on any atom is -0.409 e. The Morgan fingerprint density at radius 1 is 1.38 bits per heavy atom. The molecule has 13 heavy (non-hydrogen) atoms. The summed E-state index contributed by atoms with van der Waals surface area (Å²) in [4.78, 5) is 1.98. The van der Waals surface area contributed by atoms with Crippen LogP contribution >= 0.6 is 0 Å². The van der Waals surface area contributed by atoms with E-state index in [0.717, 1.165) is 25.8 Å². The van der Waals surface area contributed by atoms with E-state index in [2.05, 4.69) is 5.16 Å². The molecule has 0 spiro atoms. The molecule has 0 bridgehead atoms. The monoisotopic (exact) mass is 189 g/mol. The third kappa shape index (κ3) is 7.55. The van der Waals surface area contributed by atoms with Crippen LogP contribution in [0.25, 0.3) is 0 Å². The summed E-state index contributed by atoms with van der Waals surface area (Å²) in [6.45, 7) is 1.63. The highest BCUT2D eigenvalue weighted by atomic mass is 16.4. The van der Waals surface area contributed by atoms with E-state index in [9.17, 15) is 0 Å². The number of oxime groups is 1. The van der Waals surface area contributed by atoms with E-state index in [1.807, 2.05) is 11.9 Å². The van der Waals surface area contributed by atoms with Gasteiger partial charge in [0.05, 0.1) is 6.54 Å². The lowest BCUT2D eigenvalue weighted by atomic mass is 10.2. The summed E-state index contributed by atoms with van der Waals surface area (Å²) in [5.41, 5.74) is 5.32. The predicted octanol–water partition coefficient (Wildman–Crippen LogP) is -0.173. The number of aliphatic hydroxyl groups excluding tert-OH is 1. The summed E-state index contributed by atoms with van der Waals surface area (Å²) in [7, 11) is 1.91. The van der Waals surface area contributed by atoms with Crippen LogP contribution < -0.4 is 5.73 Å². The van der Waals surface area contributed by atoms with Crippen LogP contribution in [-0.2, 0) is 0 Å². The van der Waals surface area contributed by atoms with Gasteiger partial charge in [-0.3, -0.25) is 4.90 Å². The highest BCUT2D eigenvalue weighted by Crippen LogP contribution is 1.96. The third-order valence-corrected chi connectivity index (χ3v) is 1.76. The first-order valence-electron chi connectivity index (χ1n) is 4.46. The van der Waals surface area contributed by atoms with E-state index in [1.165, 1.54) is 0 Å². The maximum Gasteiger partial charge on any atom is 0.153 e. The van der Waals surface area contributed by atoms with Gasteiger partial charge in [0, 0.05) is 6.61 Å². The van der Waals surface area contributed by atoms with Crippen LogP contribution in [0.2, 0.25) is 0 Å². The predicted molar refractivity (Wildman–Crippen MR) is 51.8 cm³/mol. The number of likely N-dealkylation sites (N-methyl/N-ethyl adjacent to an activating group) is 1. The highest BCUT2D eigenvalue weighted by Gasteiger charge is 2.00. The lowest BCUT2D eigenvalue weighted by Gasteiger charge is -2.14. The Morgan fingerprint density at radius 2 is 2.08 bits per heavy atom. The van der Waals surface area contributed by atoms with E-state index in [1.54, 1.807) is 0 Å². The van der Waals surface area contributed by atoms with Crippen molar-refractivity contribution in [1.82, 2.24) is 4.90 Å². The summed E-state index contributed by atoms with van der Waals surface area (Å²) in [6.07, 6.45) is 2.88. The van der Waals surface area contributed by atoms with Crippen LogP contribution in [0.15, 0.2) is 5.16 Å². The molecule has 0 amide bonds. The zero-order valence-corrected chi connectivity index (χ0v) is 8.11. The Morgan fingerprint density at radius 3 is 2.62 bits per heavy atom. The fourth-order valence-electron chi connectivity index (χ4n) is 1.06. The summed E-state index contributed by atoms with van der Waals surface area (Å²) in [6, 6.07) is 0. The first kappa shape index (κ1) is 12.2. The first-order valence-corrected chi connectivity index (χ1v) is 4.46. The van der Waals surface area contributed by atoms with E-state index < -0.39 is 0 Å². The van der Waals surface area contributed by atoms with Crippen LogP contribution in [0, 0.1) is 0 Å². The largest absolute Gasteiger partial charge is 0.409 e. The Labute approximate surface area is 78.8 Å². The number of hydrogen-bond acceptors (Lipinski definition) is 4. The zero-order valence-electron chi connectivity index (χ0n) is 8.11. The van der Waals surface area contributed by atoms with Gasteiger partial charge in [-0.25, -0.2) is 0 Å². The minimum atomic E-state index is 0.227. The number of unbranched alkanes of at least 4 members (excludes halogenated alkanes) is 2. The molecule has 0 aromatic heterocycles. The molecule has 0 saturated carbocycles. The normalized spacial score (nSPS) is 12.4. The first-order chi connectivity index (χ1) is 6.20. The van der Waals surface area contributed by atoms with Crippen molar-refractivity contribution < 1.29 is 10.3 Å². The second kappa shape index (κ2) is 7.82. The molecular weight excluding hydrogens is 170 g/mol. The number of nitrogens with zero attached hydrogens (tertiary/aromatic N) is 2. The van der Waals surface area contributed by atoms with Crippen molar-refractivity contribution in [1.29, 1.82) is 0 Å². The Balaban J connectivity index is 3.35. The molecule has 0 saturated heterocycles. The number of amidine groups is 1. The highest BCUT2D eigenvalue weighted by molar-refractivity contribution is 5.81. The molecule has 78 valence electrons. The van der Waals surface area contributed by atoms with Gasteiger partial charge in [0.2, 0.25) is 0 Å². The molecule has 0 aliphatic carbocycles. The smallest absolute Gasteiger partial charge is 0.153 e. The molecule has 4 N–H and O–H groups in total. The number of nitrogens with two attached hydrogens (primary N) is 1. The van der Waals surface area contributed by atoms with Crippen molar-refractivity contribution >= 4 is 5.84 Å². The van der Waals surface area contributed by atoms with Crippen LogP contribution in [-0.4, -0.2) is 47.8 Å². The molecule has 5 nitrogen and oxygen atoms in total. The molecule has 0 aliphatic heterocycles. The fraction of sp³-hybridized carbons (Fsp3) is 0.875. The van der Waals surface area contributed by atoms with Crippen LogP contribution in [0.4, 0.5) is 0 Å². The maximum atomic E-state index is 8.53. The van der Waals surface area contributed by atoms with E-state index in [4.69, 9.17) is 16.0 Å². The summed E-state index contributed by atoms with van der Waals surface area (Å²) >= 11 is 0. The van der Waals surface area contributed by atoms with Gasteiger partial charge < -0.3 is 16.0 Å².